The summed E-state index contributed by atoms with van der Waals surface area (Å²) in [5, 5.41) is 8.73. The number of nitrogens with zero attached hydrogens (tertiary/aromatic N) is 4. The maximum atomic E-state index is 12.9. The summed E-state index contributed by atoms with van der Waals surface area (Å²) < 4.78 is 12.4. The number of benzene rings is 2. The molecule has 1 saturated heterocycles. The Morgan fingerprint density at radius 3 is 2.74 bits per heavy atom. The van der Waals surface area contributed by atoms with E-state index >= 15 is 0 Å². The van der Waals surface area contributed by atoms with Crippen molar-refractivity contribution in [2.75, 3.05) is 32.2 Å². The molecule has 1 N–H and O–H groups in total. The number of fused-ring (bicyclic) bond motifs is 1. The van der Waals surface area contributed by atoms with Crippen LogP contribution in [0.25, 0.3) is 16.2 Å². The van der Waals surface area contributed by atoms with E-state index in [0.29, 0.717) is 13.1 Å². The summed E-state index contributed by atoms with van der Waals surface area (Å²) in [5.41, 5.74) is 2.87. The Bertz CT molecular complexity index is 1250. The number of para-hydroxylation sites is 1. The fourth-order valence-corrected chi connectivity index (χ4v) is 5.18. The largest absolute Gasteiger partial charge is 0.497 e. The van der Waals surface area contributed by atoms with Crippen molar-refractivity contribution in [2.24, 2.45) is 5.92 Å². The van der Waals surface area contributed by atoms with Gasteiger partial charge in [0.15, 0.2) is 0 Å². The van der Waals surface area contributed by atoms with Crippen LogP contribution in [0.15, 0.2) is 54.7 Å². The van der Waals surface area contributed by atoms with Gasteiger partial charge in [-0.1, -0.05) is 29.5 Å². The van der Waals surface area contributed by atoms with Crippen LogP contribution in [0, 0.1) is 5.92 Å². The first-order valence-electron chi connectivity index (χ1n) is 11.3. The van der Waals surface area contributed by atoms with E-state index < -0.39 is 0 Å². The third-order valence-corrected chi connectivity index (χ3v) is 7.11. The molecule has 1 amide bonds. The van der Waals surface area contributed by atoms with Crippen LogP contribution in [0.2, 0.25) is 0 Å². The molecule has 9 heteroatoms. The number of anilines is 1. The van der Waals surface area contributed by atoms with Gasteiger partial charge in [0, 0.05) is 30.8 Å². The third kappa shape index (κ3) is 4.56. The molecular weight excluding hydrogens is 450 g/mol. The van der Waals surface area contributed by atoms with Gasteiger partial charge in [0.25, 0.3) is 0 Å². The number of amides is 1. The summed E-state index contributed by atoms with van der Waals surface area (Å²) in [4.78, 5) is 20.7. The Hall–Kier alpha value is -3.59. The Kier molecular flexibility index (Phi) is 6.35. The maximum Gasteiger partial charge on any atom is 0.225 e. The lowest BCUT2D eigenvalue weighted by Gasteiger charge is -2.31. The number of carbonyl (C=O) groups excluding carboxylic acids is 1. The van der Waals surface area contributed by atoms with Crippen LogP contribution < -0.4 is 19.7 Å². The molecule has 1 aliphatic heterocycles. The van der Waals surface area contributed by atoms with Gasteiger partial charge in [-0.15, -0.1) is 5.10 Å². The summed E-state index contributed by atoms with van der Waals surface area (Å²) in [5.74, 6) is 1.60. The van der Waals surface area contributed by atoms with E-state index in [2.05, 4.69) is 10.2 Å². The van der Waals surface area contributed by atoms with Crippen LogP contribution in [0.1, 0.15) is 18.4 Å². The van der Waals surface area contributed by atoms with Crippen LogP contribution in [-0.4, -0.2) is 47.8 Å². The smallest absolute Gasteiger partial charge is 0.225 e. The lowest BCUT2D eigenvalue weighted by molar-refractivity contribution is -0.125. The zero-order valence-corrected chi connectivity index (χ0v) is 20.0. The van der Waals surface area contributed by atoms with E-state index in [9.17, 15) is 4.79 Å². The number of imidazole rings is 1. The predicted octanol–water partition coefficient (Wildman–Crippen LogP) is 4.01. The van der Waals surface area contributed by atoms with Gasteiger partial charge in [-0.2, -0.15) is 0 Å². The maximum absolute atomic E-state index is 12.9. The molecule has 1 fully saturated rings. The van der Waals surface area contributed by atoms with Gasteiger partial charge in [0.05, 0.1) is 32.0 Å². The number of nitrogens with one attached hydrogen (secondary N) is 1. The average Bonchev–Trinajstić information content (AvgIpc) is 3.47. The second-order valence-corrected chi connectivity index (χ2v) is 9.22. The Morgan fingerprint density at radius 2 is 1.97 bits per heavy atom. The minimum Gasteiger partial charge on any atom is -0.497 e. The van der Waals surface area contributed by atoms with Gasteiger partial charge in [-0.25, -0.2) is 9.50 Å². The summed E-state index contributed by atoms with van der Waals surface area (Å²) in [6, 6.07) is 15.6. The molecule has 2 aromatic heterocycles. The van der Waals surface area contributed by atoms with E-state index in [4.69, 9.17) is 19.6 Å². The molecule has 0 aliphatic carbocycles. The lowest BCUT2D eigenvalue weighted by atomic mass is 9.97. The van der Waals surface area contributed by atoms with Gasteiger partial charge in [0.1, 0.15) is 11.5 Å². The molecular formula is C25H27N5O3S. The number of rotatable bonds is 7. The molecule has 0 spiro atoms. The normalized spacial score (nSPS) is 15.9. The molecule has 0 radical (unpaired) electrons. The van der Waals surface area contributed by atoms with Gasteiger partial charge in [0.2, 0.25) is 16.0 Å². The number of hydrogen-bond donors (Lipinski definition) is 1. The number of ether oxygens (including phenoxy) is 2. The first-order chi connectivity index (χ1) is 16.6. The second kappa shape index (κ2) is 9.72. The summed E-state index contributed by atoms with van der Waals surface area (Å²) >= 11 is 1.55. The molecule has 34 heavy (non-hydrogen) atoms. The van der Waals surface area contributed by atoms with Crippen molar-refractivity contribution in [1.82, 2.24) is 19.9 Å². The van der Waals surface area contributed by atoms with Crippen LogP contribution >= 0.6 is 11.3 Å². The van der Waals surface area contributed by atoms with E-state index in [-0.39, 0.29) is 11.8 Å². The van der Waals surface area contributed by atoms with Crippen LogP contribution in [0.5, 0.6) is 11.5 Å². The topological polar surface area (TPSA) is 81.0 Å². The SMILES string of the molecule is COc1ccc(-c2cn3nc(N4CCC[C@@H](C(=O)NCc5ccccc5OC)C4)sc3n2)cc1. The molecule has 4 aromatic rings. The summed E-state index contributed by atoms with van der Waals surface area (Å²) in [6.07, 6.45) is 3.77. The highest BCUT2D eigenvalue weighted by molar-refractivity contribution is 7.20. The van der Waals surface area contributed by atoms with Crippen molar-refractivity contribution in [3.63, 3.8) is 0 Å². The number of carbonyl (C=O) groups is 1. The highest BCUT2D eigenvalue weighted by Gasteiger charge is 2.28. The van der Waals surface area contributed by atoms with E-state index in [1.165, 1.54) is 0 Å². The van der Waals surface area contributed by atoms with Gasteiger partial charge >= 0.3 is 0 Å². The highest BCUT2D eigenvalue weighted by atomic mass is 32.1. The standard InChI is InChI=1S/C25H27N5O3S/c1-32-20-11-9-17(10-12-20)21-16-30-24(27-21)34-25(28-30)29-13-5-7-19(15-29)23(31)26-14-18-6-3-4-8-22(18)33-2/h3-4,6,8-12,16,19H,5,7,13-15H2,1-2H3,(H,26,31)/t19-/m1/s1. The van der Waals surface area contributed by atoms with Crippen molar-refractivity contribution >= 4 is 27.3 Å². The fraction of sp³-hybridized carbons (Fsp3) is 0.320. The zero-order valence-electron chi connectivity index (χ0n) is 19.2. The van der Waals surface area contributed by atoms with Crippen molar-refractivity contribution in [2.45, 2.75) is 19.4 Å². The van der Waals surface area contributed by atoms with Crippen LogP contribution in [0.4, 0.5) is 5.13 Å². The molecule has 8 nitrogen and oxygen atoms in total. The molecule has 1 atom stereocenters. The minimum atomic E-state index is -0.0745. The quantitative estimate of drug-likeness (QED) is 0.433. The molecule has 0 unspecified atom stereocenters. The molecule has 2 aromatic carbocycles. The molecule has 176 valence electrons. The number of aromatic nitrogens is 3. The Balaban J connectivity index is 1.24. The Labute approximate surface area is 202 Å². The van der Waals surface area contributed by atoms with Gasteiger partial charge in [-0.05, 0) is 43.2 Å². The van der Waals surface area contributed by atoms with Gasteiger partial charge < -0.3 is 19.7 Å². The van der Waals surface area contributed by atoms with Crippen molar-refractivity contribution in [3.8, 4) is 22.8 Å². The van der Waals surface area contributed by atoms with E-state index in [1.54, 1.807) is 25.6 Å². The Morgan fingerprint density at radius 1 is 1.15 bits per heavy atom. The summed E-state index contributed by atoms with van der Waals surface area (Å²) in [6.45, 7) is 2.00. The average molecular weight is 478 g/mol. The zero-order chi connectivity index (χ0) is 23.5. The van der Waals surface area contributed by atoms with E-state index in [0.717, 1.165) is 57.8 Å². The third-order valence-electron chi connectivity index (χ3n) is 6.13. The molecule has 1 aliphatic rings. The first-order valence-corrected chi connectivity index (χ1v) is 12.1. The highest BCUT2D eigenvalue weighted by Crippen LogP contribution is 2.30. The van der Waals surface area contributed by atoms with Gasteiger partial charge in [-0.3, -0.25) is 4.79 Å². The summed E-state index contributed by atoms with van der Waals surface area (Å²) in [7, 11) is 3.30. The number of methoxy groups -OCH3 is 2. The van der Waals surface area contributed by atoms with Crippen LogP contribution in [0.3, 0.4) is 0 Å². The van der Waals surface area contributed by atoms with Crippen molar-refractivity contribution < 1.29 is 14.3 Å². The second-order valence-electron chi connectivity index (χ2n) is 8.28. The van der Waals surface area contributed by atoms with Crippen molar-refractivity contribution in [3.05, 3.63) is 60.3 Å². The molecule has 5 rings (SSSR count). The molecule has 0 bridgehead atoms. The molecule has 3 heterocycles. The van der Waals surface area contributed by atoms with Crippen LogP contribution in [-0.2, 0) is 11.3 Å². The number of hydrogen-bond acceptors (Lipinski definition) is 7. The minimum absolute atomic E-state index is 0.0683. The fourth-order valence-electron chi connectivity index (χ4n) is 4.26. The first kappa shape index (κ1) is 22.2. The van der Waals surface area contributed by atoms with E-state index in [1.807, 2.05) is 59.2 Å². The number of piperidine rings is 1. The van der Waals surface area contributed by atoms with Crippen molar-refractivity contribution in [1.29, 1.82) is 0 Å². The predicted molar refractivity (Wildman–Crippen MR) is 133 cm³/mol. The lowest BCUT2D eigenvalue weighted by Crippen LogP contribution is -2.43. The molecule has 0 saturated carbocycles. The monoisotopic (exact) mass is 477 g/mol.